The van der Waals surface area contributed by atoms with Crippen LogP contribution in [0.1, 0.15) is 11.1 Å². The summed E-state index contributed by atoms with van der Waals surface area (Å²) >= 11 is 0. The SMILES string of the molecule is COc1cccc(OC)c1C(F)(CN)c1ccccc1. The van der Waals surface area contributed by atoms with Crippen LogP contribution in [-0.2, 0) is 5.67 Å². The molecule has 0 bridgehead atoms. The number of nitrogens with two attached hydrogens (primary N) is 1. The Balaban J connectivity index is 2.68. The standard InChI is InChI=1S/C16H18FNO2/c1-19-13-9-6-10-14(20-2)15(13)16(17,11-18)12-7-4-3-5-8-12/h3-10H,11,18H2,1-2H3. The van der Waals surface area contributed by atoms with Gasteiger partial charge in [0.25, 0.3) is 0 Å². The molecule has 3 nitrogen and oxygen atoms in total. The van der Waals surface area contributed by atoms with Crippen molar-refractivity contribution in [2.24, 2.45) is 5.73 Å². The normalized spacial score (nSPS) is 13.6. The van der Waals surface area contributed by atoms with Crippen LogP contribution in [0.4, 0.5) is 4.39 Å². The maximum Gasteiger partial charge on any atom is 0.180 e. The number of alkyl halides is 1. The van der Waals surface area contributed by atoms with Crippen molar-refractivity contribution in [1.82, 2.24) is 0 Å². The highest BCUT2D eigenvalue weighted by molar-refractivity contribution is 5.53. The average Bonchev–Trinajstić information content (AvgIpc) is 2.54. The van der Waals surface area contributed by atoms with Gasteiger partial charge in [0.15, 0.2) is 5.67 Å². The Morgan fingerprint density at radius 2 is 1.50 bits per heavy atom. The largest absolute Gasteiger partial charge is 0.496 e. The highest BCUT2D eigenvalue weighted by Crippen LogP contribution is 2.43. The molecule has 1 unspecified atom stereocenters. The molecule has 0 fully saturated rings. The first-order valence-corrected chi connectivity index (χ1v) is 6.33. The highest BCUT2D eigenvalue weighted by atomic mass is 19.1. The third-order valence-electron chi connectivity index (χ3n) is 3.34. The molecule has 0 aliphatic rings. The molecule has 0 aromatic heterocycles. The van der Waals surface area contributed by atoms with E-state index in [-0.39, 0.29) is 6.54 Å². The average molecular weight is 275 g/mol. The zero-order chi connectivity index (χ0) is 14.6. The van der Waals surface area contributed by atoms with Gasteiger partial charge in [-0.3, -0.25) is 0 Å². The van der Waals surface area contributed by atoms with E-state index in [4.69, 9.17) is 15.2 Å². The van der Waals surface area contributed by atoms with E-state index in [0.717, 1.165) is 0 Å². The van der Waals surface area contributed by atoms with Crippen LogP contribution in [0.25, 0.3) is 0 Å². The molecule has 20 heavy (non-hydrogen) atoms. The zero-order valence-electron chi connectivity index (χ0n) is 11.6. The van der Waals surface area contributed by atoms with Crippen molar-refractivity contribution in [3.05, 3.63) is 59.7 Å². The van der Waals surface area contributed by atoms with Crippen molar-refractivity contribution in [3.63, 3.8) is 0 Å². The molecule has 0 amide bonds. The van der Waals surface area contributed by atoms with Gasteiger partial charge in [0.05, 0.1) is 19.8 Å². The molecule has 2 N–H and O–H groups in total. The number of hydrogen-bond donors (Lipinski definition) is 1. The summed E-state index contributed by atoms with van der Waals surface area (Å²) in [6, 6.07) is 14.0. The summed E-state index contributed by atoms with van der Waals surface area (Å²) in [6.45, 7) is -0.201. The molecule has 0 radical (unpaired) electrons. The third-order valence-corrected chi connectivity index (χ3v) is 3.34. The lowest BCUT2D eigenvalue weighted by atomic mass is 9.86. The second-order valence-corrected chi connectivity index (χ2v) is 4.41. The topological polar surface area (TPSA) is 44.5 Å². The van der Waals surface area contributed by atoms with Crippen molar-refractivity contribution >= 4 is 0 Å². The Labute approximate surface area is 118 Å². The van der Waals surface area contributed by atoms with Crippen LogP contribution in [0.15, 0.2) is 48.5 Å². The molecule has 106 valence electrons. The maximum absolute atomic E-state index is 15.6. The Morgan fingerprint density at radius 1 is 0.950 bits per heavy atom. The highest BCUT2D eigenvalue weighted by Gasteiger charge is 2.38. The number of hydrogen-bond acceptors (Lipinski definition) is 3. The minimum absolute atomic E-state index is 0.201. The van der Waals surface area contributed by atoms with Crippen molar-refractivity contribution in [2.45, 2.75) is 5.67 Å². The first kappa shape index (κ1) is 14.3. The lowest BCUT2D eigenvalue weighted by molar-refractivity contribution is 0.215. The fourth-order valence-electron chi connectivity index (χ4n) is 2.31. The van der Waals surface area contributed by atoms with Crippen LogP contribution in [0, 0.1) is 0 Å². The van der Waals surface area contributed by atoms with Crippen LogP contribution >= 0.6 is 0 Å². The van der Waals surface area contributed by atoms with Crippen molar-refractivity contribution in [1.29, 1.82) is 0 Å². The van der Waals surface area contributed by atoms with E-state index in [9.17, 15) is 0 Å². The van der Waals surface area contributed by atoms with E-state index >= 15 is 4.39 Å². The molecule has 0 aliphatic carbocycles. The van der Waals surface area contributed by atoms with Gasteiger partial charge in [-0.2, -0.15) is 0 Å². The molecule has 0 saturated heterocycles. The summed E-state index contributed by atoms with van der Waals surface area (Å²) in [7, 11) is 3.00. The summed E-state index contributed by atoms with van der Waals surface area (Å²) in [5.74, 6) is 0.835. The fourth-order valence-corrected chi connectivity index (χ4v) is 2.31. The summed E-state index contributed by atoms with van der Waals surface area (Å²) in [5.41, 5.74) is 4.67. The lowest BCUT2D eigenvalue weighted by Crippen LogP contribution is -2.32. The summed E-state index contributed by atoms with van der Waals surface area (Å²) in [6.07, 6.45) is 0. The van der Waals surface area contributed by atoms with Crippen LogP contribution in [0.3, 0.4) is 0 Å². The summed E-state index contributed by atoms with van der Waals surface area (Å²) in [5, 5.41) is 0. The van der Waals surface area contributed by atoms with Crippen LogP contribution in [0.2, 0.25) is 0 Å². The number of methoxy groups -OCH3 is 2. The monoisotopic (exact) mass is 275 g/mol. The first-order valence-electron chi connectivity index (χ1n) is 6.33. The minimum atomic E-state index is -1.86. The molecule has 0 aliphatic heterocycles. The van der Waals surface area contributed by atoms with Crippen LogP contribution < -0.4 is 15.2 Å². The van der Waals surface area contributed by atoms with Crippen LogP contribution in [-0.4, -0.2) is 20.8 Å². The quantitative estimate of drug-likeness (QED) is 0.912. The molecule has 0 heterocycles. The lowest BCUT2D eigenvalue weighted by Gasteiger charge is -2.28. The summed E-state index contributed by atoms with van der Waals surface area (Å²) < 4.78 is 26.2. The molecular formula is C16H18FNO2. The number of ether oxygens (including phenoxy) is 2. The van der Waals surface area contributed by atoms with Gasteiger partial charge in [-0.25, -0.2) is 4.39 Å². The van der Waals surface area contributed by atoms with Gasteiger partial charge in [-0.1, -0.05) is 36.4 Å². The molecule has 1 atom stereocenters. The number of rotatable bonds is 5. The fraction of sp³-hybridized carbons (Fsp3) is 0.250. The Kier molecular flexibility index (Phi) is 4.25. The molecule has 2 rings (SSSR count). The Bertz CT molecular complexity index is 552. The zero-order valence-corrected chi connectivity index (χ0v) is 11.6. The van der Waals surface area contributed by atoms with Gasteiger partial charge >= 0.3 is 0 Å². The predicted octanol–water partition coefficient (Wildman–Crippen LogP) is 2.88. The van der Waals surface area contributed by atoms with E-state index in [1.165, 1.54) is 14.2 Å². The predicted molar refractivity (Wildman–Crippen MR) is 76.9 cm³/mol. The van der Waals surface area contributed by atoms with Gasteiger partial charge in [-0.05, 0) is 17.7 Å². The van der Waals surface area contributed by atoms with Gasteiger partial charge in [-0.15, -0.1) is 0 Å². The van der Waals surface area contributed by atoms with Crippen molar-refractivity contribution in [3.8, 4) is 11.5 Å². The van der Waals surface area contributed by atoms with E-state index in [1.807, 2.05) is 6.07 Å². The minimum Gasteiger partial charge on any atom is -0.496 e. The Morgan fingerprint density at radius 3 is 1.95 bits per heavy atom. The van der Waals surface area contributed by atoms with Gasteiger partial charge in [0.1, 0.15) is 11.5 Å². The van der Waals surface area contributed by atoms with Crippen molar-refractivity contribution in [2.75, 3.05) is 20.8 Å². The molecule has 0 spiro atoms. The first-order chi connectivity index (χ1) is 9.67. The second kappa shape index (κ2) is 5.92. The van der Waals surface area contributed by atoms with Crippen molar-refractivity contribution < 1.29 is 13.9 Å². The summed E-state index contributed by atoms with van der Waals surface area (Å²) in [4.78, 5) is 0. The molecule has 0 saturated carbocycles. The van der Waals surface area contributed by atoms with Gasteiger partial charge in [0.2, 0.25) is 0 Å². The second-order valence-electron chi connectivity index (χ2n) is 4.41. The smallest absolute Gasteiger partial charge is 0.180 e. The molecule has 2 aromatic carbocycles. The van der Waals surface area contributed by atoms with E-state index in [0.29, 0.717) is 22.6 Å². The molecule has 2 aromatic rings. The van der Waals surface area contributed by atoms with E-state index in [1.54, 1.807) is 42.5 Å². The van der Waals surface area contributed by atoms with E-state index < -0.39 is 5.67 Å². The van der Waals surface area contributed by atoms with Crippen LogP contribution in [0.5, 0.6) is 11.5 Å². The molecule has 4 heteroatoms. The van der Waals surface area contributed by atoms with E-state index in [2.05, 4.69) is 0 Å². The number of benzene rings is 2. The molecular weight excluding hydrogens is 257 g/mol. The maximum atomic E-state index is 15.6. The number of halogens is 1. The van der Waals surface area contributed by atoms with Gasteiger partial charge in [0, 0.05) is 6.54 Å². The Hall–Kier alpha value is -2.07. The third kappa shape index (κ3) is 2.34. The van der Waals surface area contributed by atoms with Gasteiger partial charge < -0.3 is 15.2 Å².